The third-order valence-corrected chi connectivity index (χ3v) is 5.49. The highest BCUT2D eigenvalue weighted by molar-refractivity contribution is 7.89. The normalized spacial score (nSPS) is 22.9. The van der Waals surface area contributed by atoms with Crippen LogP contribution < -0.4 is 10.5 Å². The molecule has 110 valence electrons. The number of hydrogen-bond donors (Lipinski definition) is 2. The van der Waals surface area contributed by atoms with E-state index in [-0.39, 0.29) is 9.88 Å². The van der Waals surface area contributed by atoms with E-state index >= 15 is 0 Å². The molecule has 2 unspecified atom stereocenters. The van der Waals surface area contributed by atoms with Crippen molar-refractivity contribution in [1.82, 2.24) is 4.72 Å². The summed E-state index contributed by atoms with van der Waals surface area (Å²) in [5.74, 6) is 1.16. The highest BCUT2D eigenvalue weighted by atomic mass is 32.2. The topological polar surface area (TPSA) is 72.2 Å². The average molecular weight is 312 g/mol. The minimum absolute atomic E-state index is 0.253. The maximum absolute atomic E-state index is 12.2. The molecule has 0 saturated heterocycles. The molecule has 0 spiro atoms. The molecular formula is C14H20N2O2S2. The lowest BCUT2D eigenvalue weighted by atomic mass is 10.1. The Bertz CT molecular complexity index is 582. The van der Waals surface area contributed by atoms with E-state index in [0.717, 1.165) is 12.8 Å². The zero-order valence-corrected chi connectivity index (χ0v) is 13.1. The van der Waals surface area contributed by atoms with Crippen LogP contribution in [0.15, 0.2) is 29.2 Å². The van der Waals surface area contributed by atoms with Gasteiger partial charge in [0.25, 0.3) is 0 Å². The quantitative estimate of drug-likeness (QED) is 0.816. The maximum Gasteiger partial charge on any atom is 0.240 e. The van der Waals surface area contributed by atoms with Crippen LogP contribution in [0.5, 0.6) is 0 Å². The third kappa shape index (κ3) is 3.77. The zero-order valence-electron chi connectivity index (χ0n) is 11.5. The van der Waals surface area contributed by atoms with Crippen LogP contribution >= 0.6 is 12.2 Å². The van der Waals surface area contributed by atoms with Gasteiger partial charge in [0.15, 0.2) is 0 Å². The summed E-state index contributed by atoms with van der Waals surface area (Å²) >= 11 is 4.85. The van der Waals surface area contributed by atoms with Crippen LogP contribution in [0.2, 0.25) is 0 Å². The van der Waals surface area contributed by atoms with Gasteiger partial charge in [-0.2, -0.15) is 0 Å². The fourth-order valence-corrected chi connectivity index (χ4v) is 3.87. The van der Waals surface area contributed by atoms with Crippen molar-refractivity contribution in [3.8, 4) is 0 Å². The van der Waals surface area contributed by atoms with Crippen molar-refractivity contribution >= 4 is 27.2 Å². The van der Waals surface area contributed by atoms with E-state index in [1.807, 2.05) is 0 Å². The van der Waals surface area contributed by atoms with Crippen molar-refractivity contribution in [3.63, 3.8) is 0 Å². The predicted molar refractivity (Wildman–Crippen MR) is 84.0 cm³/mol. The summed E-state index contributed by atoms with van der Waals surface area (Å²) in [6.45, 7) is 2.73. The van der Waals surface area contributed by atoms with E-state index in [9.17, 15) is 8.42 Å². The van der Waals surface area contributed by atoms with E-state index in [2.05, 4.69) is 11.6 Å². The van der Waals surface area contributed by atoms with Crippen LogP contribution in [0.4, 0.5) is 0 Å². The van der Waals surface area contributed by atoms with Crippen molar-refractivity contribution in [2.45, 2.75) is 31.1 Å². The summed E-state index contributed by atoms with van der Waals surface area (Å²) in [5, 5.41) is 0. The predicted octanol–water partition coefficient (Wildman–Crippen LogP) is 2.04. The Labute approximate surface area is 125 Å². The molecule has 1 aliphatic carbocycles. The molecular weight excluding hydrogens is 292 g/mol. The van der Waals surface area contributed by atoms with Crippen LogP contribution in [-0.2, 0) is 10.0 Å². The van der Waals surface area contributed by atoms with Gasteiger partial charge in [0, 0.05) is 12.1 Å². The molecule has 3 N–H and O–H groups in total. The van der Waals surface area contributed by atoms with Gasteiger partial charge in [0.1, 0.15) is 4.99 Å². The molecule has 6 heteroatoms. The lowest BCUT2D eigenvalue weighted by molar-refractivity contribution is 0.498. The lowest BCUT2D eigenvalue weighted by Crippen LogP contribution is -2.28. The Morgan fingerprint density at radius 2 is 2.00 bits per heavy atom. The van der Waals surface area contributed by atoms with Crippen molar-refractivity contribution in [3.05, 3.63) is 29.8 Å². The summed E-state index contributed by atoms with van der Waals surface area (Å²) < 4.78 is 27.0. The molecule has 0 aromatic heterocycles. The van der Waals surface area contributed by atoms with Gasteiger partial charge in [0.2, 0.25) is 10.0 Å². The van der Waals surface area contributed by atoms with Gasteiger partial charge < -0.3 is 5.73 Å². The average Bonchev–Trinajstić information content (AvgIpc) is 2.82. The van der Waals surface area contributed by atoms with E-state index in [4.69, 9.17) is 18.0 Å². The molecule has 2 rings (SSSR count). The first-order valence-electron chi connectivity index (χ1n) is 6.78. The Morgan fingerprint density at radius 1 is 1.35 bits per heavy atom. The SMILES string of the molecule is CC1CCC(CNS(=O)(=O)c2ccc(C(N)=S)cc2)C1. The summed E-state index contributed by atoms with van der Waals surface area (Å²) in [7, 11) is -3.44. The van der Waals surface area contributed by atoms with Crippen molar-refractivity contribution in [2.24, 2.45) is 17.6 Å². The first-order chi connectivity index (χ1) is 9.38. The molecule has 1 aromatic rings. The summed E-state index contributed by atoms with van der Waals surface area (Å²) in [5.41, 5.74) is 6.16. The molecule has 1 aromatic carbocycles. The number of sulfonamides is 1. The van der Waals surface area contributed by atoms with Gasteiger partial charge in [-0.25, -0.2) is 13.1 Å². The molecule has 20 heavy (non-hydrogen) atoms. The van der Waals surface area contributed by atoms with E-state index in [0.29, 0.717) is 23.9 Å². The number of rotatable bonds is 5. The second-order valence-corrected chi connectivity index (χ2v) is 7.73. The fourth-order valence-electron chi connectivity index (χ4n) is 2.62. The molecule has 2 atom stereocenters. The van der Waals surface area contributed by atoms with Crippen molar-refractivity contribution in [1.29, 1.82) is 0 Å². The van der Waals surface area contributed by atoms with Gasteiger partial charge in [0.05, 0.1) is 4.90 Å². The minimum Gasteiger partial charge on any atom is -0.389 e. The molecule has 0 radical (unpaired) electrons. The van der Waals surface area contributed by atoms with E-state index in [1.54, 1.807) is 12.1 Å². The fraction of sp³-hybridized carbons (Fsp3) is 0.500. The molecule has 1 saturated carbocycles. The van der Waals surface area contributed by atoms with Gasteiger partial charge in [-0.3, -0.25) is 0 Å². The molecule has 1 fully saturated rings. The molecule has 0 aliphatic heterocycles. The van der Waals surface area contributed by atoms with Crippen LogP contribution in [0.25, 0.3) is 0 Å². The van der Waals surface area contributed by atoms with Crippen LogP contribution in [-0.4, -0.2) is 20.0 Å². The number of benzene rings is 1. The summed E-state index contributed by atoms with van der Waals surface area (Å²) in [4.78, 5) is 0.519. The zero-order chi connectivity index (χ0) is 14.8. The van der Waals surface area contributed by atoms with E-state index in [1.165, 1.54) is 18.6 Å². The second kappa shape index (κ2) is 6.20. The number of hydrogen-bond acceptors (Lipinski definition) is 3. The molecule has 0 heterocycles. The highest BCUT2D eigenvalue weighted by Gasteiger charge is 2.23. The minimum atomic E-state index is -3.44. The lowest BCUT2D eigenvalue weighted by Gasteiger charge is -2.12. The number of nitrogens with two attached hydrogens (primary N) is 1. The van der Waals surface area contributed by atoms with Crippen molar-refractivity contribution < 1.29 is 8.42 Å². The van der Waals surface area contributed by atoms with Gasteiger partial charge in [-0.05, 0) is 36.8 Å². The molecule has 1 aliphatic rings. The van der Waals surface area contributed by atoms with Crippen LogP contribution in [0.3, 0.4) is 0 Å². The van der Waals surface area contributed by atoms with Crippen molar-refractivity contribution in [2.75, 3.05) is 6.54 Å². The Hall–Kier alpha value is -0.980. The second-order valence-electron chi connectivity index (χ2n) is 5.52. The summed E-state index contributed by atoms with van der Waals surface area (Å²) in [6.07, 6.45) is 3.39. The third-order valence-electron chi connectivity index (χ3n) is 3.81. The first-order valence-corrected chi connectivity index (χ1v) is 8.67. The van der Waals surface area contributed by atoms with Crippen LogP contribution in [0.1, 0.15) is 31.7 Å². The highest BCUT2D eigenvalue weighted by Crippen LogP contribution is 2.29. The number of thiocarbonyl (C=S) groups is 1. The first kappa shape index (κ1) is 15.4. The van der Waals surface area contributed by atoms with Gasteiger partial charge >= 0.3 is 0 Å². The standard InChI is InChI=1S/C14H20N2O2S2/c1-10-2-3-11(8-10)9-16-20(17,18)13-6-4-12(5-7-13)14(15)19/h4-7,10-11,16H,2-3,8-9H2,1H3,(H2,15,19). The number of nitrogens with one attached hydrogen (secondary N) is 1. The molecule has 0 bridgehead atoms. The molecule has 0 amide bonds. The Kier molecular flexibility index (Phi) is 4.78. The van der Waals surface area contributed by atoms with Gasteiger partial charge in [-0.15, -0.1) is 0 Å². The maximum atomic E-state index is 12.2. The Morgan fingerprint density at radius 3 is 2.50 bits per heavy atom. The van der Waals surface area contributed by atoms with E-state index < -0.39 is 10.0 Å². The van der Waals surface area contributed by atoms with Gasteiger partial charge in [-0.1, -0.05) is 37.7 Å². The largest absolute Gasteiger partial charge is 0.389 e. The smallest absolute Gasteiger partial charge is 0.240 e. The van der Waals surface area contributed by atoms with Crippen LogP contribution in [0, 0.1) is 11.8 Å². The monoisotopic (exact) mass is 312 g/mol. The summed E-state index contributed by atoms with van der Waals surface area (Å²) in [6, 6.07) is 6.34. The Balaban J connectivity index is 2.00. The molecule has 4 nitrogen and oxygen atoms in total.